The molecule has 1 aliphatic heterocycles. The van der Waals surface area contributed by atoms with E-state index in [0.29, 0.717) is 17.1 Å². The van der Waals surface area contributed by atoms with Crippen molar-refractivity contribution in [2.75, 3.05) is 37.7 Å². The number of rotatable bonds is 5. The van der Waals surface area contributed by atoms with Gasteiger partial charge in [0.15, 0.2) is 11.5 Å². The van der Waals surface area contributed by atoms with Gasteiger partial charge in [0.1, 0.15) is 0 Å². The van der Waals surface area contributed by atoms with Gasteiger partial charge in [-0.25, -0.2) is 23.2 Å². The van der Waals surface area contributed by atoms with Gasteiger partial charge in [-0.05, 0) is 37.3 Å². The zero-order chi connectivity index (χ0) is 24.5. The number of halogens is 3. The third-order valence-corrected chi connectivity index (χ3v) is 7.25. The second kappa shape index (κ2) is 9.18. The van der Waals surface area contributed by atoms with Crippen molar-refractivity contribution in [3.8, 4) is 0 Å². The summed E-state index contributed by atoms with van der Waals surface area (Å²) in [6.45, 7) is 2.14. The van der Waals surface area contributed by atoms with E-state index in [0.717, 1.165) is 22.5 Å². The Bertz CT molecular complexity index is 1320. The summed E-state index contributed by atoms with van der Waals surface area (Å²) in [7, 11) is -4.14. The van der Waals surface area contributed by atoms with Crippen LogP contribution in [0.4, 0.5) is 19.0 Å². The molecule has 0 aliphatic carbocycles. The fourth-order valence-corrected chi connectivity index (χ4v) is 5.14. The van der Waals surface area contributed by atoms with Gasteiger partial charge in [0.25, 0.3) is 0 Å². The second-order valence-electron chi connectivity index (χ2n) is 7.52. The quantitative estimate of drug-likeness (QED) is 0.503. The van der Waals surface area contributed by atoms with E-state index in [-0.39, 0.29) is 44.3 Å². The lowest BCUT2D eigenvalue weighted by atomic mass is 10.2. The van der Waals surface area contributed by atoms with Crippen LogP contribution in [-0.4, -0.2) is 61.4 Å². The number of benzene rings is 2. The Hall–Kier alpha value is -3.25. The van der Waals surface area contributed by atoms with Gasteiger partial charge in [-0.3, -0.25) is 0 Å². The largest absolute Gasteiger partial charge is 0.461 e. The fraction of sp³-hybridized carbons (Fsp3) is 0.318. The number of anilines is 1. The molecule has 0 amide bonds. The number of piperazine rings is 1. The first-order valence-electron chi connectivity index (χ1n) is 10.5. The van der Waals surface area contributed by atoms with Gasteiger partial charge in [-0.2, -0.15) is 17.5 Å². The van der Waals surface area contributed by atoms with Gasteiger partial charge in [0.2, 0.25) is 10.0 Å². The molecule has 1 aromatic heterocycles. The Morgan fingerprint density at radius 2 is 1.65 bits per heavy atom. The number of hydrogen-bond donors (Lipinski definition) is 0. The van der Waals surface area contributed by atoms with Crippen LogP contribution in [0.5, 0.6) is 0 Å². The van der Waals surface area contributed by atoms with Gasteiger partial charge in [-0.1, -0.05) is 18.2 Å². The first-order chi connectivity index (χ1) is 16.1. The summed E-state index contributed by atoms with van der Waals surface area (Å²) >= 11 is 0. The van der Waals surface area contributed by atoms with Gasteiger partial charge in [0, 0.05) is 26.2 Å². The highest BCUT2D eigenvalue weighted by molar-refractivity contribution is 7.89. The molecular weight excluding hydrogens is 473 g/mol. The summed E-state index contributed by atoms with van der Waals surface area (Å²) in [5.41, 5.74) is 0.0668. The van der Waals surface area contributed by atoms with Crippen LogP contribution >= 0.6 is 0 Å². The van der Waals surface area contributed by atoms with Crippen molar-refractivity contribution in [2.45, 2.75) is 18.0 Å². The molecule has 1 fully saturated rings. The summed E-state index contributed by atoms with van der Waals surface area (Å²) in [6, 6.07) is 10.7. The van der Waals surface area contributed by atoms with Crippen LogP contribution in [-0.2, 0) is 20.9 Å². The highest BCUT2D eigenvalue weighted by atomic mass is 32.2. The van der Waals surface area contributed by atoms with Crippen LogP contribution in [0.1, 0.15) is 23.0 Å². The third kappa shape index (κ3) is 4.68. The molecule has 0 radical (unpaired) electrons. The summed E-state index contributed by atoms with van der Waals surface area (Å²) in [4.78, 5) is 22.8. The van der Waals surface area contributed by atoms with Crippen LogP contribution in [0.3, 0.4) is 0 Å². The summed E-state index contributed by atoms with van der Waals surface area (Å²) in [5, 5.41) is 0. The minimum atomic E-state index is -4.65. The van der Waals surface area contributed by atoms with Crippen molar-refractivity contribution in [1.82, 2.24) is 14.3 Å². The van der Waals surface area contributed by atoms with Crippen molar-refractivity contribution in [1.29, 1.82) is 0 Å². The Kier molecular flexibility index (Phi) is 6.45. The minimum Gasteiger partial charge on any atom is -0.461 e. The molecule has 34 heavy (non-hydrogen) atoms. The number of para-hydroxylation sites is 2. The van der Waals surface area contributed by atoms with E-state index >= 15 is 0 Å². The molecule has 0 saturated carbocycles. The number of hydrogen-bond acceptors (Lipinski definition) is 7. The van der Waals surface area contributed by atoms with Crippen LogP contribution in [0.2, 0.25) is 0 Å². The second-order valence-corrected chi connectivity index (χ2v) is 9.46. The zero-order valence-electron chi connectivity index (χ0n) is 18.1. The van der Waals surface area contributed by atoms with E-state index in [9.17, 15) is 26.4 Å². The molecule has 0 N–H and O–H groups in total. The minimum absolute atomic E-state index is 0.00461. The highest BCUT2D eigenvalue weighted by Crippen LogP contribution is 2.31. The van der Waals surface area contributed by atoms with Gasteiger partial charge in [-0.15, -0.1) is 0 Å². The van der Waals surface area contributed by atoms with E-state index in [1.165, 1.54) is 0 Å². The van der Waals surface area contributed by atoms with Crippen molar-refractivity contribution >= 4 is 32.8 Å². The molecule has 0 atom stereocenters. The maximum Gasteiger partial charge on any atom is 0.416 e. The lowest BCUT2D eigenvalue weighted by Gasteiger charge is -2.35. The van der Waals surface area contributed by atoms with Gasteiger partial charge >= 0.3 is 12.1 Å². The van der Waals surface area contributed by atoms with Crippen molar-refractivity contribution in [3.63, 3.8) is 0 Å². The molecule has 0 bridgehead atoms. The van der Waals surface area contributed by atoms with Crippen molar-refractivity contribution in [3.05, 3.63) is 59.8 Å². The van der Waals surface area contributed by atoms with Gasteiger partial charge in [0.05, 0.1) is 28.1 Å². The first-order valence-corrected chi connectivity index (χ1v) is 11.9. The maximum absolute atomic E-state index is 13.0. The normalized spacial score (nSPS) is 15.5. The van der Waals surface area contributed by atoms with Crippen molar-refractivity contribution < 1.29 is 31.1 Å². The fourth-order valence-electron chi connectivity index (χ4n) is 3.67. The zero-order valence-corrected chi connectivity index (χ0v) is 18.9. The maximum atomic E-state index is 13.0. The Morgan fingerprint density at radius 3 is 2.26 bits per heavy atom. The average molecular weight is 494 g/mol. The Labute approximate surface area is 194 Å². The van der Waals surface area contributed by atoms with Gasteiger partial charge < -0.3 is 9.64 Å². The summed E-state index contributed by atoms with van der Waals surface area (Å²) in [6.07, 6.45) is -4.65. The molecule has 12 heteroatoms. The molecule has 0 spiro atoms. The highest BCUT2D eigenvalue weighted by Gasteiger charge is 2.35. The number of aromatic nitrogens is 2. The SMILES string of the molecule is CCOC(=O)c1nc2ccccc2nc1N1CCN(S(=O)(=O)c2cccc(C(F)(F)F)c2)CC1. The third-order valence-electron chi connectivity index (χ3n) is 5.36. The standard InChI is InChI=1S/C22H21F3N4O4S/c1-2-33-21(30)19-20(27-18-9-4-3-8-17(18)26-19)28-10-12-29(13-11-28)34(31,32)16-7-5-6-15(14-16)22(23,24)25/h3-9,14H,2,10-13H2,1H3. The van der Waals surface area contributed by atoms with Crippen LogP contribution in [0.15, 0.2) is 53.4 Å². The van der Waals surface area contributed by atoms with Crippen molar-refractivity contribution in [2.24, 2.45) is 0 Å². The van der Waals surface area contributed by atoms with Crippen LogP contribution < -0.4 is 4.90 Å². The van der Waals surface area contributed by atoms with E-state index < -0.39 is 32.6 Å². The lowest BCUT2D eigenvalue weighted by molar-refractivity contribution is -0.137. The topological polar surface area (TPSA) is 92.7 Å². The Balaban J connectivity index is 1.59. The average Bonchev–Trinajstić information content (AvgIpc) is 2.83. The number of fused-ring (bicyclic) bond motifs is 1. The van der Waals surface area contributed by atoms with E-state index in [1.54, 1.807) is 36.1 Å². The molecular formula is C22H21F3N4O4S. The van der Waals surface area contributed by atoms with E-state index in [1.807, 2.05) is 0 Å². The molecule has 8 nitrogen and oxygen atoms in total. The number of carbonyl (C=O) groups is 1. The predicted octanol–water partition coefficient (Wildman–Crippen LogP) is 3.34. The monoisotopic (exact) mass is 494 g/mol. The molecule has 1 aliphatic rings. The number of nitrogens with zero attached hydrogens (tertiary/aromatic N) is 4. The number of alkyl halides is 3. The molecule has 1 saturated heterocycles. The number of sulfonamides is 1. The van der Waals surface area contributed by atoms with E-state index in [4.69, 9.17) is 4.74 Å². The molecule has 2 heterocycles. The summed E-state index contributed by atoms with van der Waals surface area (Å²) in [5.74, 6) is -0.372. The van der Waals surface area contributed by atoms with Crippen LogP contribution in [0.25, 0.3) is 11.0 Å². The molecule has 0 unspecified atom stereocenters. The smallest absolute Gasteiger partial charge is 0.416 e. The summed E-state index contributed by atoms with van der Waals surface area (Å²) < 4.78 is 71.3. The predicted molar refractivity (Wildman–Crippen MR) is 118 cm³/mol. The molecule has 3 aromatic rings. The number of carbonyl (C=O) groups excluding carboxylic acids is 1. The molecule has 4 rings (SSSR count). The van der Waals surface area contributed by atoms with Crippen LogP contribution in [0, 0.1) is 0 Å². The first kappa shape index (κ1) is 23.9. The lowest BCUT2D eigenvalue weighted by Crippen LogP contribution is -2.49. The molecule has 2 aromatic carbocycles. The molecule has 180 valence electrons. The Morgan fingerprint density at radius 1 is 1.00 bits per heavy atom. The van der Waals surface area contributed by atoms with E-state index in [2.05, 4.69) is 9.97 Å². The number of esters is 1. The number of ether oxygens (including phenoxy) is 1.